The Morgan fingerprint density at radius 2 is 2.15 bits per heavy atom. The van der Waals surface area contributed by atoms with Gasteiger partial charge < -0.3 is 15.5 Å². The van der Waals surface area contributed by atoms with Crippen LogP contribution in [0.3, 0.4) is 0 Å². The number of likely N-dealkylation sites (N-methyl/N-ethyl adjacent to an activating group) is 1. The van der Waals surface area contributed by atoms with E-state index in [1.54, 1.807) is 7.05 Å². The number of rotatable bonds is 7. The first-order valence-corrected chi connectivity index (χ1v) is 9.35. The zero-order valence-electron chi connectivity index (χ0n) is 16.2. The molecule has 0 aromatic heterocycles. The molecule has 1 atom stereocenters. The predicted octanol–water partition coefficient (Wildman–Crippen LogP) is 2.44. The standard InChI is InChI=1S/C19H31F2N5/c1-5-25(14(2)3)11-9-23-19(22-4)24-16-8-10-26(13-16)18-7-6-15(20)12-17(18)21/h6-7,12,14,16H,5,8-11,13H2,1-4H3,(H2,22,23,24). The van der Waals surface area contributed by atoms with E-state index >= 15 is 0 Å². The Bertz CT molecular complexity index is 606. The molecule has 26 heavy (non-hydrogen) atoms. The number of aliphatic imine (C=N–C) groups is 1. The van der Waals surface area contributed by atoms with Crippen LogP contribution in [0.4, 0.5) is 14.5 Å². The molecular formula is C19H31F2N5. The maximum Gasteiger partial charge on any atom is 0.191 e. The van der Waals surface area contributed by atoms with E-state index in [9.17, 15) is 8.78 Å². The molecule has 7 heteroatoms. The average molecular weight is 367 g/mol. The summed E-state index contributed by atoms with van der Waals surface area (Å²) in [6.45, 7) is 10.7. The second-order valence-corrected chi connectivity index (χ2v) is 6.89. The zero-order chi connectivity index (χ0) is 19.1. The highest BCUT2D eigenvalue weighted by atomic mass is 19.1. The topological polar surface area (TPSA) is 42.9 Å². The minimum absolute atomic E-state index is 0.179. The Hall–Kier alpha value is -1.89. The van der Waals surface area contributed by atoms with E-state index in [2.05, 4.69) is 41.3 Å². The van der Waals surface area contributed by atoms with Crippen LogP contribution < -0.4 is 15.5 Å². The molecule has 1 aromatic carbocycles. The molecule has 0 amide bonds. The van der Waals surface area contributed by atoms with Crippen LogP contribution in [0, 0.1) is 11.6 Å². The van der Waals surface area contributed by atoms with Crippen molar-refractivity contribution in [2.75, 3.05) is 44.7 Å². The fourth-order valence-corrected chi connectivity index (χ4v) is 3.32. The molecule has 0 aliphatic carbocycles. The van der Waals surface area contributed by atoms with Crippen LogP contribution in [-0.4, -0.2) is 62.7 Å². The van der Waals surface area contributed by atoms with Crippen molar-refractivity contribution in [3.8, 4) is 0 Å². The van der Waals surface area contributed by atoms with Crippen molar-refractivity contribution in [2.45, 2.75) is 39.3 Å². The molecule has 1 aliphatic heterocycles. The molecule has 1 aromatic rings. The molecular weight excluding hydrogens is 336 g/mol. The largest absolute Gasteiger partial charge is 0.367 e. The molecule has 2 rings (SSSR count). The third-order valence-electron chi connectivity index (χ3n) is 4.83. The van der Waals surface area contributed by atoms with Crippen LogP contribution >= 0.6 is 0 Å². The molecule has 1 heterocycles. The smallest absolute Gasteiger partial charge is 0.191 e. The van der Waals surface area contributed by atoms with Crippen LogP contribution in [-0.2, 0) is 0 Å². The molecule has 0 radical (unpaired) electrons. The lowest BCUT2D eigenvalue weighted by molar-refractivity contribution is 0.237. The molecule has 1 unspecified atom stereocenters. The number of guanidine groups is 1. The van der Waals surface area contributed by atoms with Crippen LogP contribution in [0.2, 0.25) is 0 Å². The third kappa shape index (κ3) is 5.56. The van der Waals surface area contributed by atoms with E-state index in [-0.39, 0.29) is 6.04 Å². The summed E-state index contributed by atoms with van der Waals surface area (Å²) in [4.78, 5) is 8.61. The van der Waals surface area contributed by atoms with Crippen molar-refractivity contribution in [3.63, 3.8) is 0 Å². The maximum absolute atomic E-state index is 14.0. The van der Waals surface area contributed by atoms with Gasteiger partial charge in [0, 0.05) is 51.4 Å². The molecule has 2 N–H and O–H groups in total. The number of nitrogens with one attached hydrogen (secondary N) is 2. The van der Waals surface area contributed by atoms with Gasteiger partial charge in [-0.3, -0.25) is 9.89 Å². The fourth-order valence-electron chi connectivity index (χ4n) is 3.32. The van der Waals surface area contributed by atoms with Gasteiger partial charge in [-0.2, -0.15) is 0 Å². The minimum atomic E-state index is -0.549. The highest BCUT2D eigenvalue weighted by molar-refractivity contribution is 5.80. The highest BCUT2D eigenvalue weighted by Crippen LogP contribution is 2.24. The van der Waals surface area contributed by atoms with E-state index in [1.165, 1.54) is 12.1 Å². The van der Waals surface area contributed by atoms with Crippen molar-refractivity contribution in [1.29, 1.82) is 0 Å². The van der Waals surface area contributed by atoms with E-state index < -0.39 is 11.6 Å². The van der Waals surface area contributed by atoms with Gasteiger partial charge in [-0.1, -0.05) is 6.92 Å². The Morgan fingerprint density at radius 3 is 2.77 bits per heavy atom. The molecule has 0 saturated carbocycles. The molecule has 0 bridgehead atoms. The van der Waals surface area contributed by atoms with Gasteiger partial charge in [0.1, 0.15) is 11.6 Å². The summed E-state index contributed by atoms with van der Waals surface area (Å²) in [7, 11) is 1.75. The van der Waals surface area contributed by atoms with E-state index in [1.807, 2.05) is 4.90 Å². The lowest BCUT2D eigenvalue weighted by atomic mass is 10.2. The van der Waals surface area contributed by atoms with Gasteiger partial charge in [0.2, 0.25) is 0 Å². The SMILES string of the molecule is CCN(CCNC(=NC)NC1CCN(c2ccc(F)cc2F)C1)C(C)C. The van der Waals surface area contributed by atoms with Gasteiger partial charge in [-0.25, -0.2) is 8.78 Å². The Kier molecular flexibility index (Phi) is 7.63. The lowest BCUT2D eigenvalue weighted by Crippen LogP contribution is -2.47. The summed E-state index contributed by atoms with van der Waals surface area (Å²) in [6.07, 6.45) is 0.880. The number of anilines is 1. The van der Waals surface area contributed by atoms with E-state index in [0.29, 0.717) is 18.3 Å². The summed E-state index contributed by atoms with van der Waals surface area (Å²) in [5.41, 5.74) is 0.453. The van der Waals surface area contributed by atoms with E-state index in [4.69, 9.17) is 0 Å². The summed E-state index contributed by atoms with van der Waals surface area (Å²) >= 11 is 0. The molecule has 1 saturated heterocycles. The number of hydrogen-bond donors (Lipinski definition) is 2. The van der Waals surface area contributed by atoms with Crippen molar-refractivity contribution in [2.24, 2.45) is 4.99 Å². The summed E-state index contributed by atoms with van der Waals surface area (Å²) in [5, 5.41) is 6.74. The highest BCUT2D eigenvalue weighted by Gasteiger charge is 2.25. The second-order valence-electron chi connectivity index (χ2n) is 6.89. The summed E-state index contributed by atoms with van der Waals surface area (Å²) in [5.74, 6) is -0.301. The first kappa shape index (κ1) is 20.4. The molecule has 5 nitrogen and oxygen atoms in total. The lowest BCUT2D eigenvalue weighted by Gasteiger charge is -2.25. The van der Waals surface area contributed by atoms with Crippen molar-refractivity contribution in [1.82, 2.24) is 15.5 Å². The number of halogens is 2. The van der Waals surface area contributed by atoms with E-state index in [0.717, 1.165) is 44.6 Å². The van der Waals surface area contributed by atoms with Gasteiger partial charge in [0.15, 0.2) is 5.96 Å². The van der Waals surface area contributed by atoms with Crippen LogP contribution in [0.25, 0.3) is 0 Å². The fraction of sp³-hybridized carbons (Fsp3) is 0.632. The summed E-state index contributed by atoms with van der Waals surface area (Å²) in [6, 6.07) is 4.44. The maximum atomic E-state index is 14.0. The Morgan fingerprint density at radius 1 is 1.38 bits per heavy atom. The average Bonchev–Trinajstić information content (AvgIpc) is 3.05. The third-order valence-corrected chi connectivity index (χ3v) is 4.83. The molecule has 1 aliphatic rings. The van der Waals surface area contributed by atoms with Gasteiger partial charge in [0.05, 0.1) is 5.69 Å². The first-order chi connectivity index (χ1) is 12.4. The zero-order valence-corrected chi connectivity index (χ0v) is 16.2. The Balaban J connectivity index is 1.82. The van der Waals surface area contributed by atoms with Gasteiger partial charge in [-0.05, 0) is 38.9 Å². The minimum Gasteiger partial charge on any atom is -0.367 e. The predicted molar refractivity (Wildman–Crippen MR) is 104 cm³/mol. The van der Waals surface area contributed by atoms with Crippen LogP contribution in [0.1, 0.15) is 27.2 Å². The number of benzene rings is 1. The first-order valence-electron chi connectivity index (χ1n) is 9.35. The number of nitrogens with zero attached hydrogens (tertiary/aromatic N) is 3. The van der Waals surface area contributed by atoms with Crippen molar-refractivity contribution in [3.05, 3.63) is 29.8 Å². The molecule has 146 valence electrons. The van der Waals surface area contributed by atoms with Gasteiger partial charge in [0.25, 0.3) is 0 Å². The van der Waals surface area contributed by atoms with Crippen LogP contribution in [0.5, 0.6) is 0 Å². The van der Waals surface area contributed by atoms with Crippen LogP contribution in [0.15, 0.2) is 23.2 Å². The molecule has 0 spiro atoms. The molecule has 1 fully saturated rings. The monoisotopic (exact) mass is 367 g/mol. The number of hydrogen-bond acceptors (Lipinski definition) is 3. The van der Waals surface area contributed by atoms with Gasteiger partial charge >= 0.3 is 0 Å². The summed E-state index contributed by atoms with van der Waals surface area (Å²) < 4.78 is 27.0. The normalized spacial score (nSPS) is 18.1. The van der Waals surface area contributed by atoms with Crippen molar-refractivity contribution >= 4 is 11.6 Å². The van der Waals surface area contributed by atoms with Gasteiger partial charge in [-0.15, -0.1) is 0 Å². The quantitative estimate of drug-likeness (QED) is 0.574. The second kappa shape index (κ2) is 9.71. The van der Waals surface area contributed by atoms with Crippen molar-refractivity contribution < 1.29 is 8.78 Å². The Labute approximate surface area is 155 Å².